The van der Waals surface area contributed by atoms with Crippen LogP contribution in [0.15, 0.2) is 41.3 Å². The molecule has 1 heterocycles. The van der Waals surface area contributed by atoms with Crippen LogP contribution in [-0.4, -0.2) is 38.8 Å². The molecule has 0 aliphatic carbocycles. The lowest BCUT2D eigenvalue weighted by Gasteiger charge is -2.31. The van der Waals surface area contributed by atoms with Gasteiger partial charge in [0, 0.05) is 24.7 Å². The number of anilines is 1. The third-order valence-corrected chi connectivity index (χ3v) is 7.71. The first kappa shape index (κ1) is 23.3. The van der Waals surface area contributed by atoms with E-state index in [0.717, 1.165) is 22.4 Å². The van der Waals surface area contributed by atoms with E-state index in [-0.39, 0.29) is 22.6 Å². The smallest absolute Gasteiger partial charge is 0.246 e. The van der Waals surface area contributed by atoms with Crippen molar-refractivity contribution in [3.63, 3.8) is 0 Å². The molecule has 7 heteroatoms. The molecule has 2 aromatic carbocycles. The Labute approximate surface area is 185 Å². The number of amides is 1. The second kappa shape index (κ2) is 9.40. The lowest BCUT2D eigenvalue weighted by atomic mass is 9.97. The zero-order valence-electron chi connectivity index (χ0n) is 18.9. The highest BCUT2D eigenvalue weighted by Gasteiger charge is 2.34. The quantitative estimate of drug-likeness (QED) is 0.713. The fourth-order valence-corrected chi connectivity index (χ4v) is 5.70. The highest BCUT2D eigenvalue weighted by atomic mass is 32.2. The second-order valence-electron chi connectivity index (χ2n) is 8.61. The minimum absolute atomic E-state index is 0.0542. The van der Waals surface area contributed by atoms with Gasteiger partial charge in [-0.3, -0.25) is 4.79 Å². The number of ether oxygens (including phenoxy) is 1. The van der Waals surface area contributed by atoms with E-state index < -0.39 is 10.0 Å². The number of methoxy groups -OCH3 is 1. The van der Waals surface area contributed by atoms with Crippen molar-refractivity contribution in [1.82, 2.24) is 4.31 Å². The molecule has 0 saturated carbocycles. The molecule has 0 bridgehead atoms. The molecule has 0 radical (unpaired) electrons. The summed E-state index contributed by atoms with van der Waals surface area (Å²) < 4.78 is 33.5. The van der Waals surface area contributed by atoms with E-state index in [2.05, 4.69) is 11.4 Å². The van der Waals surface area contributed by atoms with Gasteiger partial charge in [-0.25, -0.2) is 8.42 Å². The van der Waals surface area contributed by atoms with Gasteiger partial charge in [0.05, 0.1) is 7.11 Å². The molecular weight excluding hydrogens is 412 g/mol. The first-order valence-electron chi connectivity index (χ1n) is 10.7. The van der Waals surface area contributed by atoms with Crippen LogP contribution in [0.2, 0.25) is 0 Å². The Morgan fingerprint density at radius 1 is 1.06 bits per heavy atom. The molecule has 1 fully saturated rings. The van der Waals surface area contributed by atoms with Crippen LogP contribution in [0.25, 0.3) is 0 Å². The van der Waals surface area contributed by atoms with Gasteiger partial charge in [0.15, 0.2) is 0 Å². The Morgan fingerprint density at radius 2 is 1.68 bits per heavy atom. The Hall–Kier alpha value is -2.38. The summed E-state index contributed by atoms with van der Waals surface area (Å²) in [5, 5.41) is 2.99. The average molecular weight is 445 g/mol. The summed E-state index contributed by atoms with van der Waals surface area (Å²) in [5.74, 6) is 0.288. The van der Waals surface area contributed by atoms with Gasteiger partial charge in [-0.15, -0.1) is 0 Å². The Bertz CT molecular complexity index is 1030. The van der Waals surface area contributed by atoms with Gasteiger partial charge in [0.2, 0.25) is 15.9 Å². The van der Waals surface area contributed by atoms with Gasteiger partial charge in [0.25, 0.3) is 0 Å². The van der Waals surface area contributed by atoms with Gasteiger partial charge in [-0.1, -0.05) is 26.0 Å². The molecule has 31 heavy (non-hydrogen) atoms. The number of aryl methyl sites for hydroxylation is 2. The number of nitrogens with zero attached hydrogens (tertiary/aromatic N) is 1. The van der Waals surface area contributed by atoms with Crippen LogP contribution in [-0.2, 0) is 14.8 Å². The first-order chi connectivity index (χ1) is 14.6. The van der Waals surface area contributed by atoms with Crippen LogP contribution < -0.4 is 10.1 Å². The summed E-state index contributed by atoms with van der Waals surface area (Å²) in [6.45, 7) is 8.66. The average Bonchev–Trinajstić information content (AvgIpc) is 2.72. The van der Waals surface area contributed by atoms with Gasteiger partial charge >= 0.3 is 0 Å². The molecule has 0 spiro atoms. The van der Waals surface area contributed by atoms with E-state index in [1.165, 1.54) is 11.4 Å². The van der Waals surface area contributed by atoms with E-state index in [4.69, 9.17) is 4.74 Å². The minimum Gasteiger partial charge on any atom is -0.495 e. The zero-order chi connectivity index (χ0) is 22.8. The lowest BCUT2D eigenvalue weighted by molar-refractivity contribution is -0.120. The number of carbonyl (C=O) groups is 1. The zero-order valence-corrected chi connectivity index (χ0v) is 19.8. The van der Waals surface area contributed by atoms with Crippen molar-refractivity contribution in [2.24, 2.45) is 5.92 Å². The van der Waals surface area contributed by atoms with Crippen molar-refractivity contribution in [3.05, 3.63) is 53.1 Å². The van der Waals surface area contributed by atoms with E-state index in [9.17, 15) is 13.2 Å². The summed E-state index contributed by atoms with van der Waals surface area (Å²) in [7, 11) is -2.22. The summed E-state index contributed by atoms with van der Waals surface area (Å²) in [6.07, 6.45) is 0.976. The predicted molar refractivity (Wildman–Crippen MR) is 123 cm³/mol. The molecule has 1 N–H and O–H groups in total. The third-order valence-electron chi connectivity index (χ3n) is 5.79. The summed E-state index contributed by atoms with van der Waals surface area (Å²) in [4.78, 5) is 12.9. The monoisotopic (exact) mass is 444 g/mol. The molecule has 0 aromatic heterocycles. The van der Waals surface area contributed by atoms with E-state index in [1.807, 2.05) is 45.9 Å². The molecule has 1 aliphatic heterocycles. The fourth-order valence-electron chi connectivity index (χ4n) is 4.04. The summed E-state index contributed by atoms with van der Waals surface area (Å²) >= 11 is 0. The van der Waals surface area contributed by atoms with Gasteiger partial charge in [-0.05, 0) is 73.6 Å². The number of benzene rings is 2. The first-order valence-corrected chi connectivity index (χ1v) is 12.1. The predicted octanol–water partition coefficient (Wildman–Crippen LogP) is 4.47. The van der Waals surface area contributed by atoms with Crippen molar-refractivity contribution in [1.29, 1.82) is 0 Å². The molecule has 6 nitrogen and oxygen atoms in total. The molecule has 1 saturated heterocycles. The van der Waals surface area contributed by atoms with Crippen LogP contribution in [0, 0.1) is 19.8 Å². The number of piperidine rings is 1. The van der Waals surface area contributed by atoms with Crippen LogP contribution in [0.1, 0.15) is 49.3 Å². The molecular formula is C24H32N2O4S. The number of hydrogen-bond donors (Lipinski definition) is 1. The topological polar surface area (TPSA) is 75.7 Å². The molecule has 0 unspecified atom stereocenters. The van der Waals surface area contributed by atoms with Gasteiger partial charge in [0.1, 0.15) is 10.6 Å². The van der Waals surface area contributed by atoms with Crippen LogP contribution in [0.5, 0.6) is 5.75 Å². The molecule has 1 aliphatic rings. The SMILES string of the molecule is COc1ccc(C(C)C)cc1S(=O)(=O)N1CCC(C(=O)Nc2cc(C)cc(C)c2)CC1. The Morgan fingerprint density at radius 3 is 2.23 bits per heavy atom. The van der Waals surface area contributed by atoms with Crippen LogP contribution in [0.3, 0.4) is 0 Å². The molecule has 168 valence electrons. The standard InChI is InChI=1S/C24H32N2O4S/c1-16(2)20-6-7-22(30-5)23(15-20)31(28,29)26-10-8-19(9-11-26)24(27)25-21-13-17(3)12-18(4)14-21/h6-7,12-16,19H,8-11H2,1-5H3,(H,25,27). The number of sulfonamides is 1. The number of carbonyl (C=O) groups excluding carboxylic acids is 1. The molecule has 1 amide bonds. The number of nitrogens with one attached hydrogen (secondary N) is 1. The highest BCUT2D eigenvalue weighted by Crippen LogP contribution is 2.32. The van der Waals surface area contributed by atoms with Crippen molar-refractivity contribution in [2.75, 3.05) is 25.5 Å². The summed E-state index contributed by atoms with van der Waals surface area (Å²) in [6, 6.07) is 11.3. The normalized spacial score (nSPS) is 15.8. The van der Waals surface area contributed by atoms with E-state index in [0.29, 0.717) is 31.7 Å². The minimum atomic E-state index is -3.70. The number of hydrogen-bond acceptors (Lipinski definition) is 4. The van der Waals surface area contributed by atoms with Crippen LogP contribution in [0.4, 0.5) is 5.69 Å². The van der Waals surface area contributed by atoms with Gasteiger partial charge < -0.3 is 10.1 Å². The highest BCUT2D eigenvalue weighted by molar-refractivity contribution is 7.89. The van der Waals surface area contributed by atoms with Crippen molar-refractivity contribution in [2.45, 2.75) is 51.3 Å². The van der Waals surface area contributed by atoms with Gasteiger partial charge in [-0.2, -0.15) is 4.31 Å². The van der Waals surface area contributed by atoms with E-state index >= 15 is 0 Å². The lowest BCUT2D eigenvalue weighted by Crippen LogP contribution is -2.41. The Balaban J connectivity index is 1.71. The molecule has 2 aromatic rings. The second-order valence-corrected chi connectivity index (χ2v) is 10.5. The fraction of sp³-hybridized carbons (Fsp3) is 0.458. The van der Waals surface area contributed by atoms with Crippen LogP contribution >= 0.6 is 0 Å². The van der Waals surface area contributed by atoms with E-state index in [1.54, 1.807) is 12.1 Å². The maximum absolute atomic E-state index is 13.3. The van der Waals surface area contributed by atoms with Crippen molar-refractivity contribution >= 4 is 21.6 Å². The number of rotatable bonds is 6. The third kappa shape index (κ3) is 5.28. The Kier molecular flexibility index (Phi) is 7.06. The van der Waals surface area contributed by atoms with Crippen molar-refractivity contribution in [3.8, 4) is 5.75 Å². The largest absolute Gasteiger partial charge is 0.495 e. The molecule has 0 atom stereocenters. The maximum Gasteiger partial charge on any atom is 0.246 e. The maximum atomic E-state index is 13.3. The molecule has 3 rings (SSSR count). The van der Waals surface area contributed by atoms with Crippen molar-refractivity contribution < 1.29 is 17.9 Å². The summed E-state index contributed by atoms with van der Waals surface area (Å²) in [5.41, 5.74) is 3.91.